The zero-order chi connectivity index (χ0) is 19.9. The number of carbonyl (C=O) groups excluding carboxylic acids is 2. The standard InChI is InChI=1S/C19H18F3NO4/c1-26-18(25)16(10-13-6-3-2-4-7-13)23-17(24)12-27-15-9-5-8-14(11-15)19(20,21)22/h2-9,11,16H,10,12H2,1H3,(H,23,24)/t16-/m1/s1. The molecule has 0 fully saturated rings. The first-order chi connectivity index (χ1) is 12.8. The second kappa shape index (κ2) is 9.07. The van der Waals surface area contributed by atoms with E-state index in [0.717, 1.165) is 17.7 Å². The molecule has 27 heavy (non-hydrogen) atoms. The zero-order valence-corrected chi connectivity index (χ0v) is 14.5. The van der Waals surface area contributed by atoms with Crippen LogP contribution in [0.3, 0.4) is 0 Å². The van der Waals surface area contributed by atoms with Crippen molar-refractivity contribution in [2.75, 3.05) is 13.7 Å². The number of halogens is 3. The lowest BCUT2D eigenvalue weighted by molar-refractivity contribution is -0.145. The summed E-state index contributed by atoms with van der Waals surface area (Å²) in [4.78, 5) is 23.9. The molecule has 0 spiro atoms. The van der Waals surface area contributed by atoms with E-state index in [-0.39, 0.29) is 12.2 Å². The van der Waals surface area contributed by atoms with E-state index in [1.165, 1.54) is 19.2 Å². The Labute approximate surface area is 154 Å². The van der Waals surface area contributed by atoms with E-state index in [0.29, 0.717) is 0 Å². The highest BCUT2D eigenvalue weighted by atomic mass is 19.4. The van der Waals surface area contributed by atoms with Gasteiger partial charge in [-0.2, -0.15) is 13.2 Å². The summed E-state index contributed by atoms with van der Waals surface area (Å²) in [6.07, 6.45) is -4.30. The average Bonchev–Trinajstić information content (AvgIpc) is 2.65. The number of amides is 1. The molecule has 0 saturated carbocycles. The fourth-order valence-corrected chi connectivity index (χ4v) is 2.33. The van der Waals surface area contributed by atoms with Crippen LogP contribution in [0, 0.1) is 0 Å². The van der Waals surface area contributed by atoms with Crippen LogP contribution in [0.1, 0.15) is 11.1 Å². The monoisotopic (exact) mass is 381 g/mol. The van der Waals surface area contributed by atoms with Crippen molar-refractivity contribution in [1.29, 1.82) is 0 Å². The van der Waals surface area contributed by atoms with Gasteiger partial charge in [0, 0.05) is 6.42 Å². The van der Waals surface area contributed by atoms with Crippen LogP contribution in [-0.4, -0.2) is 31.6 Å². The molecule has 144 valence electrons. The lowest BCUT2D eigenvalue weighted by atomic mass is 10.1. The fraction of sp³-hybridized carbons (Fsp3) is 0.263. The smallest absolute Gasteiger partial charge is 0.416 e. The third-order valence-corrected chi connectivity index (χ3v) is 3.63. The molecule has 0 aromatic heterocycles. The molecule has 1 N–H and O–H groups in total. The normalized spacial score (nSPS) is 12.1. The molecule has 1 atom stereocenters. The molecule has 0 radical (unpaired) electrons. The molecule has 8 heteroatoms. The predicted octanol–water partition coefficient (Wildman–Crippen LogP) is 2.98. The lowest BCUT2D eigenvalue weighted by Gasteiger charge is -2.17. The maximum atomic E-state index is 12.7. The van der Waals surface area contributed by atoms with Crippen LogP contribution in [-0.2, 0) is 26.9 Å². The molecule has 2 rings (SSSR count). The molecule has 0 heterocycles. The fourth-order valence-electron chi connectivity index (χ4n) is 2.33. The van der Waals surface area contributed by atoms with E-state index < -0.39 is 36.3 Å². The Hall–Kier alpha value is -3.03. The van der Waals surface area contributed by atoms with Gasteiger partial charge in [0.1, 0.15) is 11.8 Å². The molecule has 0 bridgehead atoms. The summed E-state index contributed by atoms with van der Waals surface area (Å²) in [6, 6.07) is 12.3. The van der Waals surface area contributed by atoms with E-state index in [9.17, 15) is 22.8 Å². The number of methoxy groups -OCH3 is 1. The topological polar surface area (TPSA) is 64.6 Å². The summed E-state index contributed by atoms with van der Waals surface area (Å²) in [5, 5.41) is 2.47. The van der Waals surface area contributed by atoms with Crippen LogP contribution >= 0.6 is 0 Å². The molecule has 2 aromatic rings. The number of alkyl halides is 3. The van der Waals surface area contributed by atoms with Crippen LogP contribution in [0.15, 0.2) is 54.6 Å². The van der Waals surface area contributed by atoms with E-state index in [4.69, 9.17) is 4.74 Å². The van der Waals surface area contributed by atoms with Gasteiger partial charge in [-0.3, -0.25) is 4.79 Å². The molecule has 1 amide bonds. The third kappa shape index (κ3) is 6.32. The maximum absolute atomic E-state index is 12.7. The van der Waals surface area contributed by atoms with Gasteiger partial charge < -0.3 is 14.8 Å². The van der Waals surface area contributed by atoms with Crippen molar-refractivity contribution in [2.24, 2.45) is 0 Å². The lowest BCUT2D eigenvalue weighted by Crippen LogP contribution is -2.44. The van der Waals surface area contributed by atoms with Gasteiger partial charge in [-0.05, 0) is 23.8 Å². The summed E-state index contributed by atoms with van der Waals surface area (Å²) in [5.74, 6) is -1.39. The van der Waals surface area contributed by atoms with Crippen molar-refractivity contribution < 1.29 is 32.2 Å². The van der Waals surface area contributed by atoms with Gasteiger partial charge >= 0.3 is 12.1 Å². The summed E-state index contributed by atoms with van der Waals surface area (Å²) < 4.78 is 47.8. The Bertz CT molecular complexity index is 778. The summed E-state index contributed by atoms with van der Waals surface area (Å²) in [7, 11) is 1.20. The van der Waals surface area contributed by atoms with E-state index in [2.05, 4.69) is 10.1 Å². The quantitative estimate of drug-likeness (QED) is 0.749. The largest absolute Gasteiger partial charge is 0.484 e. The molecule has 0 aliphatic heterocycles. The molecule has 0 unspecified atom stereocenters. The Kier molecular flexibility index (Phi) is 6.81. The SMILES string of the molecule is COC(=O)[C@@H](Cc1ccccc1)NC(=O)COc1cccc(C(F)(F)F)c1. The number of hydrogen-bond donors (Lipinski definition) is 1. The van der Waals surface area contributed by atoms with Gasteiger partial charge in [0.25, 0.3) is 5.91 Å². The summed E-state index contributed by atoms with van der Waals surface area (Å²) in [5.41, 5.74) is -0.0658. The Morgan fingerprint density at radius 2 is 1.78 bits per heavy atom. The molecular formula is C19H18F3NO4. The number of rotatable bonds is 7. The van der Waals surface area contributed by atoms with Crippen molar-refractivity contribution in [1.82, 2.24) is 5.32 Å². The molecule has 0 saturated heterocycles. The first-order valence-corrected chi connectivity index (χ1v) is 8.01. The number of carbonyl (C=O) groups is 2. The van der Waals surface area contributed by atoms with Crippen LogP contribution in [0.5, 0.6) is 5.75 Å². The maximum Gasteiger partial charge on any atom is 0.416 e. The Morgan fingerprint density at radius 1 is 1.07 bits per heavy atom. The van der Waals surface area contributed by atoms with E-state index in [1.807, 2.05) is 6.07 Å². The second-order valence-electron chi connectivity index (χ2n) is 5.65. The number of nitrogens with one attached hydrogen (secondary N) is 1. The van der Waals surface area contributed by atoms with Gasteiger partial charge in [0.2, 0.25) is 0 Å². The minimum Gasteiger partial charge on any atom is -0.484 e. The number of hydrogen-bond acceptors (Lipinski definition) is 4. The van der Waals surface area contributed by atoms with E-state index in [1.54, 1.807) is 24.3 Å². The Balaban J connectivity index is 1.96. The van der Waals surface area contributed by atoms with Gasteiger partial charge in [-0.1, -0.05) is 36.4 Å². The van der Waals surface area contributed by atoms with E-state index >= 15 is 0 Å². The van der Waals surface area contributed by atoms with Crippen molar-refractivity contribution in [2.45, 2.75) is 18.6 Å². The Morgan fingerprint density at radius 3 is 2.41 bits per heavy atom. The van der Waals surface area contributed by atoms with Gasteiger partial charge in [0.15, 0.2) is 6.61 Å². The molecule has 0 aliphatic carbocycles. The van der Waals surface area contributed by atoms with Gasteiger partial charge in [0.05, 0.1) is 12.7 Å². The highest BCUT2D eigenvalue weighted by molar-refractivity contribution is 5.85. The molecule has 5 nitrogen and oxygen atoms in total. The van der Waals surface area contributed by atoms with Crippen molar-refractivity contribution in [3.8, 4) is 5.75 Å². The predicted molar refractivity (Wildman–Crippen MR) is 91.0 cm³/mol. The summed E-state index contributed by atoms with van der Waals surface area (Å²) >= 11 is 0. The zero-order valence-electron chi connectivity index (χ0n) is 14.5. The average molecular weight is 381 g/mol. The van der Waals surface area contributed by atoms with Crippen molar-refractivity contribution in [3.05, 3.63) is 65.7 Å². The van der Waals surface area contributed by atoms with Crippen LogP contribution in [0.4, 0.5) is 13.2 Å². The highest BCUT2D eigenvalue weighted by Gasteiger charge is 2.30. The third-order valence-electron chi connectivity index (χ3n) is 3.63. The van der Waals surface area contributed by atoms with Crippen LogP contribution < -0.4 is 10.1 Å². The van der Waals surface area contributed by atoms with Crippen molar-refractivity contribution >= 4 is 11.9 Å². The van der Waals surface area contributed by atoms with Crippen molar-refractivity contribution in [3.63, 3.8) is 0 Å². The van der Waals surface area contributed by atoms with Crippen LogP contribution in [0.25, 0.3) is 0 Å². The molecular weight excluding hydrogens is 363 g/mol. The first kappa shape index (κ1) is 20.3. The molecule has 0 aliphatic rings. The molecule has 2 aromatic carbocycles. The summed E-state index contributed by atoms with van der Waals surface area (Å²) in [6.45, 7) is -0.538. The number of benzene rings is 2. The van der Waals surface area contributed by atoms with Crippen LogP contribution in [0.2, 0.25) is 0 Å². The van der Waals surface area contributed by atoms with Gasteiger partial charge in [-0.15, -0.1) is 0 Å². The van der Waals surface area contributed by atoms with Gasteiger partial charge in [-0.25, -0.2) is 4.79 Å². The number of ether oxygens (including phenoxy) is 2. The first-order valence-electron chi connectivity index (χ1n) is 8.01. The second-order valence-corrected chi connectivity index (χ2v) is 5.65. The number of esters is 1. The minimum atomic E-state index is -4.51. The minimum absolute atomic E-state index is 0.0994. The highest BCUT2D eigenvalue weighted by Crippen LogP contribution is 2.31.